The standard InChI is InChI=1S/C30H37N5O3/c1-18-25(33-28(36)22-12-20(15-31)13-23(14-22)38-7)16-32-27-26(18)24(17-34(27)6)21-8-10-35(11-9-21)29(37)19(2)30(3,4)5/h12-14,16-17,19,21H,8-11H2,1-7H3,(H,33,36). The molecule has 3 aromatic rings. The second-order valence-electron chi connectivity index (χ2n) is 11.4. The Morgan fingerprint density at radius 1 is 1.21 bits per heavy atom. The molecular formula is C30H37N5O3. The van der Waals surface area contributed by atoms with Gasteiger partial charge in [0.25, 0.3) is 5.91 Å². The monoisotopic (exact) mass is 515 g/mol. The number of rotatable bonds is 5. The molecule has 8 heteroatoms. The minimum absolute atomic E-state index is 0.0250. The highest BCUT2D eigenvalue weighted by atomic mass is 16.5. The van der Waals surface area contributed by atoms with E-state index in [0.29, 0.717) is 28.5 Å². The number of nitrogens with one attached hydrogen (secondary N) is 1. The van der Waals surface area contributed by atoms with Gasteiger partial charge in [0.05, 0.1) is 30.6 Å². The summed E-state index contributed by atoms with van der Waals surface area (Å²) in [6.07, 6.45) is 5.59. The number of aromatic nitrogens is 2. The van der Waals surface area contributed by atoms with Crippen LogP contribution in [-0.2, 0) is 11.8 Å². The number of carbonyl (C=O) groups excluding carboxylic acids is 2. The van der Waals surface area contributed by atoms with E-state index in [2.05, 4.69) is 43.3 Å². The number of nitrogens with zero attached hydrogens (tertiary/aromatic N) is 4. The number of fused-ring (bicyclic) bond motifs is 1. The first-order chi connectivity index (χ1) is 17.9. The van der Waals surface area contributed by atoms with Crippen molar-refractivity contribution in [2.24, 2.45) is 18.4 Å². The van der Waals surface area contributed by atoms with Gasteiger partial charge in [-0.1, -0.05) is 27.7 Å². The Bertz CT molecular complexity index is 1420. The van der Waals surface area contributed by atoms with Gasteiger partial charge in [0.15, 0.2) is 0 Å². The molecule has 3 heterocycles. The van der Waals surface area contributed by atoms with E-state index in [1.54, 1.807) is 24.4 Å². The molecule has 1 saturated heterocycles. The quantitative estimate of drug-likeness (QED) is 0.490. The number of likely N-dealkylation sites (tertiary alicyclic amines) is 1. The third-order valence-corrected chi connectivity index (χ3v) is 7.97. The van der Waals surface area contributed by atoms with Crippen LogP contribution in [0.4, 0.5) is 5.69 Å². The summed E-state index contributed by atoms with van der Waals surface area (Å²) >= 11 is 0. The van der Waals surface area contributed by atoms with Gasteiger partial charge in [0.1, 0.15) is 11.4 Å². The molecule has 1 aliphatic heterocycles. The summed E-state index contributed by atoms with van der Waals surface area (Å²) in [5.41, 5.74) is 4.28. The van der Waals surface area contributed by atoms with Crippen molar-refractivity contribution in [3.8, 4) is 11.8 Å². The molecule has 0 radical (unpaired) electrons. The van der Waals surface area contributed by atoms with E-state index in [-0.39, 0.29) is 23.1 Å². The minimum Gasteiger partial charge on any atom is -0.497 e. The zero-order chi connectivity index (χ0) is 27.8. The van der Waals surface area contributed by atoms with Crippen molar-refractivity contribution in [3.63, 3.8) is 0 Å². The van der Waals surface area contributed by atoms with Gasteiger partial charge < -0.3 is 19.5 Å². The fourth-order valence-corrected chi connectivity index (χ4v) is 5.13. The van der Waals surface area contributed by atoms with Crippen LogP contribution in [0.2, 0.25) is 0 Å². The molecule has 8 nitrogen and oxygen atoms in total. The smallest absolute Gasteiger partial charge is 0.255 e. The second-order valence-corrected chi connectivity index (χ2v) is 11.4. The maximum atomic E-state index is 13.1. The van der Waals surface area contributed by atoms with E-state index in [1.807, 2.05) is 30.4 Å². The highest BCUT2D eigenvalue weighted by Crippen LogP contribution is 2.38. The van der Waals surface area contributed by atoms with E-state index < -0.39 is 0 Å². The highest BCUT2D eigenvalue weighted by molar-refractivity contribution is 6.06. The van der Waals surface area contributed by atoms with Gasteiger partial charge in [-0.05, 0) is 60.4 Å². The molecule has 38 heavy (non-hydrogen) atoms. The third kappa shape index (κ3) is 5.24. The zero-order valence-corrected chi connectivity index (χ0v) is 23.4. The molecular weight excluding hydrogens is 478 g/mol. The molecule has 0 bridgehead atoms. The highest BCUT2D eigenvalue weighted by Gasteiger charge is 2.33. The normalized spacial score (nSPS) is 15.3. The number of hydrogen-bond acceptors (Lipinski definition) is 5. The Labute approximate surface area is 224 Å². The largest absolute Gasteiger partial charge is 0.497 e. The van der Waals surface area contributed by atoms with Crippen molar-refractivity contribution < 1.29 is 14.3 Å². The van der Waals surface area contributed by atoms with Crippen LogP contribution < -0.4 is 10.1 Å². The van der Waals surface area contributed by atoms with Gasteiger partial charge in [0.2, 0.25) is 5.91 Å². The van der Waals surface area contributed by atoms with Crippen LogP contribution >= 0.6 is 0 Å². The predicted molar refractivity (Wildman–Crippen MR) is 148 cm³/mol. The fourth-order valence-electron chi connectivity index (χ4n) is 5.13. The molecule has 1 aliphatic rings. The third-order valence-electron chi connectivity index (χ3n) is 7.97. The average Bonchev–Trinajstić information content (AvgIpc) is 3.25. The Kier molecular flexibility index (Phi) is 7.50. The van der Waals surface area contributed by atoms with Crippen LogP contribution in [0.15, 0.2) is 30.6 Å². The molecule has 200 valence electrons. The predicted octanol–water partition coefficient (Wildman–Crippen LogP) is 5.40. The van der Waals surface area contributed by atoms with Gasteiger partial charge in [-0.2, -0.15) is 5.26 Å². The Balaban J connectivity index is 1.58. The zero-order valence-electron chi connectivity index (χ0n) is 23.4. The van der Waals surface area contributed by atoms with E-state index in [0.717, 1.165) is 42.5 Å². The number of aryl methyl sites for hydroxylation is 2. The van der Waals surface area contributed by atoms with Crippen molar-refractivity contribution in [3.05, 3.63) is 52.8 Å². The van der Waals surface area contributed by atoms with Gasteiger partial charge >= 0.3 is 0 Å². The summed E-state index contributed by atoms with van der Waals surface area (Å²) in [6, 6.07) is 6.81. The van der Waals surface area contributed by atoms with Gasteiger partial charge in [-0.15, -0.1) is 0 Å². The van der Waals surface area contributed by atoms with Crippen molar-refractivity contribution in [2.45, 2.75) is 53.4 Å². The molecule has 1 unspecified atom stereocenters. The fraction of sp³-hybridized carbons (Fsp3) is 0.467. The molecule has 1 aromatic carbocycles. The maximum absolute atomic E-state index is 13.1. The first-order valence-corrected chi connectivity index (χ1v) is 13.1. The molecule has 1 fully saturated rings. The summed E-state index contributed by atoms with van der Waals surface area (Å²) in [6.45, 7) is 11.8. The van der Waals surface area contributed by atoms with Crippen molar-refractivity contribution in [1.82, 2.24) is 14.5 Å². The van der Waals surface area contributed by atoms with Crippen LogP contribution in [0.25, 0.3) is 11.0 Å². The lowest BCUT2D eigenvalue weighted by molar-refractivity contribution is -0.139. The van der Waals surface area contributed by atoms with Crippen LogP contribution in [0.5, 0.6) is 5.75 Å². The first-order valence-electron chi connectivity index (χ1n) is 13.1. The van der Waals surface area contributed by atoms with Gasteiger partial charge in [0, 0.05) is 43.2 Å². The lowest BCUT2D eigenvalue weighted by Gasteiger charge is -2.37. The molecule has 1 N–H and O–H groups in total. The summed E-state index contributed by atoms with van der Waals surface area (Å²) in [5, 5.41) is 13.3. The first kappa shape index (κ1) is 27.2. The summed E-state index contributed by atoms with van der Waals surface area (Å²) < 4.78 is 7.28. The SMILES string of the molecule is COc1cc(C#N)cc(C(=O)Nc2cnc3c(c(C4CCN(C(=O)C(C)C(C)(C)C)CC4)cn3C)c2C)c1. The molecule has 0 aliphatic carbocycles. The number of nitriles is 1. The molecule has 1 atom stereocenters. The number of ether oxygens (including phenoxy) is 1. The molecule has 0 spiro atoms. The molecule has 4 rings (SSSR count). The minimum atomic E-state index is -0.332. The van der Waals surface area contributed by atoms with Gasteiger partial charge in [-0.3, -0.25) is 9.59 Å². The molecule has 2 amide bonds. The van der Waals surface area contributed by atoms with E-state index in [9.17, 15) is 14.9 Å². The van der Waals surface area contributed by atoms with Crippen LogP contribution in [0.3, 0.4) is 0 Å². The second kappa shape index (κ2) is 10.5. The number of anilines is 1. The van der Waals surface area contributed by atoms with E-state index in [4.69, 9.17) is 4.74 Å². The number of amides is 2. The number of pyridine rings is 1. The topological polar surface area (TPSA) is 100 Å². The van der Waals surface area contributed by atoms with Crippen molar-refractivity contribution in [2.75, 3.05) is 25.5 Å². The number of methoxy groups -OCH3 is 1. The number of piperidine rings is 1. The Morgan fingerprint density at radius 3 is 2.50 bits per heavy atom. The average molecular weight is 516 g/mol. The summed E-state index contributed by atoms with van der Waals surface area (Å²) in [4.78, 5) is 32.8. The lowest BCUT2D eigenvalue weighted by Crippen LogP contribution is -2.43. The van der Waals surface area contributed by atoms with Crippen molar-refractivity contribution >= 4 is 28.5 Å². The summed E-state index contributed by atoms with van der Waals surface area (Å²) in [7, 11) is 3.49. The van der Waals surface area contributed by atoms with Crippen LogP contribution in [0.1, 0.15) is 73.5 Å². The summed E-state index contributed by atoms with van der Waals surface area (Å²) in [5.74, 6) is 0.626. The van der Waals surface area contributed by atoms with E-state index >= 15 is 0 Å². The van der Waals surface area contributed by atoms with Crippen LogP contribution in [0, 0.1) is 29.6 Å². The lowest BCUT2D eigenvalue weighted by atomic mass is 9.80. The number of benzene rings is 1. The number of hydrogen-bond donors (Lipinski definition) is 1. The van der Waals surface area contributed by atoms with Crippen LogP contribution in [-0.4, -0.2) is 46.5 Å². The number of carbonyl (C=O) groups is 2. The Hall–Kier alpha value is -3.86. The van der Waals surface area contributed by atoms with E-state index in [1.165, 1.54) is 12.7 Å². The maximum Gasteiger partial charge on any atom is 0.255 e. The molecule has 0 saturated carbocycles. The Morgan fingerprint density at radius 2 is 1.89 bits per heavy atom. The van der Waals surface area contributed by atoms with Crippen molar-refractivity contribution in [1.29, 1.82) is 5.26 Å². The molecule has 2 aromatic heterocycles. The van der Waals surface area contributed by atoms with Gasteiger partial charge in [-0.25, -0.2) is 4.98 Å².